The van der Waals surface area contributed by atoms with Crippen LogP contribution < -0.4 is 9.47 Å². The minimum atomic E-state index is -1.02. The van der Waals surface area contributed by atoms with Crippen molar-refractivity contribution in [1.29, 1.82) is 0 Å². The first-order chi connectivity index (χ1) is 12.5. The Labute approximate surface area is 152 Å². The van der Waals surface area contributed by atoms with Crippen molar-refractivity contribution in [3.8, 4) is 11.5 Å². The summed E-state index contributed by atoms with van der Waals surface area (Å²) in [5.74, 6) is 0.651. The van der Waals surface area contributed by atoms with Gasteiger partial charge >= 0.3 is 5.97 Å². The van der Waals surface area contributed by atoms with E-state index >= 15 is 0 Å². The molecule has 0 aliphatic rings. The first-order valence-corrected chi connectivity index (χ1v) is 8.62. The number of aromatic nitrogens is 2. The number of carboxylic acids is 1. The first kappa shape index (κ1) is 17.8. The third-order valence-corrected chi connectivity index (χ3v) is 4.15. The second-order valence-corrected chi connectivity index (χ2v) is 5.95. The van der Waals surface area contributed by atoms with Crippen molar-refractivity contribution in [2.24, 2.45) is 0 Å². The molecular weight excluding hydrogens is 332 g/mol. The number of aryl methyl sites for hydroxylation is 2. The Morgan fingerprint density at radius 3 is 2.65 bits per heavy atom. The monoisotopic (exact) mass is 354 g/mol. The van der Waals surface area contributed by atoms with Crippen molar-refractivity contribution in [3.05, 3.63) is 53.3 Å². The van der Waals surface area contributed by atoms with Crippen LogP contribution in [-0.2, 0) is 13.2 Å². The van der Waals surface area contributed by atoms with Gasteiger partial charge in [-0.15, -0.1) is 0 Å². The lowest BCUT2D eigenvalue weighted by Gasteiger charge is -2.11. The van der Waals surface area contributed by atoms with Gasteiger partial charge in [0, 0.05) is 12.6 Å². The third-order valence-electron chi connectivity index (χ3n) is 4.15. The Morgan fingerprint density at radius 2 is 1.96 bits per heavy atom. The molecule has 0 aliphatic heterocycles. The maximum atomic E-state index is 11.3. The molecule has 0 unspecified atom stereocenters. The molecule has 6 nitrogen and oxygen atoms in total. The van der Waals surface area contributed by atoms with Crippen molar-refractivity contribution >= 4 is 17.0 Å². The standard InChI is InChI=1S/C20H22N2O4/c1-4-22-17-9-6-13(3)10-16(17)21-19(22)12-26-14-7-8-15(20(23)24)18(11-14)25-5-2/h6-11H,4-5,12H2,1-3H3,(H,23,24). The van der Waals surface area contributed by atoms with E-state index in [-0.39, 0.29) is 5.56 Å². The fourth-order valence-corrected chi connectivity index (χ4v) is 2.94. The molecule has 1 aromatic heterocycles. The number of ether oxygens (including phenoxy) is 2. The van der Waals surface area contributed by atoms with Crippen LogP contribution in [0.1, 0.15) is 35.6 Å². The highest BCUT2D eigenvalue weighted by atomic mass is 16.5. The van der Waals surface area contributed by atoms with Crippen LogP contribution >= 0.6 is 0 Å². The van der Waals surface area contributed by atoms with Gasteiger partial charge in [0.2, 0.25) is 0 Å². The van der Waals surface area contributed by atoms with Crippen LogP contribution in [0.15, 0.2) is 36.4 Å². The SMILES string of the molecule is CCOc1cc(OCc2nc3cc(C)ccc3n2CC)ccc1C(=O)O. The lowest BCUT2D eigenvalue weighted by molar-refractivity contribution is 0.0692. The summed E-state index contributed by atoms with van der Waals surface area (Å²) in [6.45, 7) is 7.39. The average molecular weight is 354 g/mol. The van der Waals surface area contributed by atoms with Gasteiger partial charge < -0.3 is 19.1 Å². The molecule has 0 saturated heterocycles. The van der Waals surface area contributed by atoms with Gasteiger partial charge in [-0.25, -0.2) is 9.78 Å². The summed E-state index contributed by atoms with van der Waals surface area (Å²) in [7, 11) is 0. The van der Waals surface area contributed by atoms with Crippen LogP contribution in [0.25, 0.3) is 11.0 Å². The summed E-state index contributed by atoms with van der Waals surface area (Å²) < 4.78 is 13.4. The summed E-state index contributed by atoms with van der Waals surface area (Å²) in [5, 5.41) is 9.23. The van der Waals surface area contributed by atoms with Crippen molar-refractivity contribution < 1.29 is 19.4 Å². The van der Waals surface area contributed by atoms with Gasteiger partial charge in [0.25, 0.3) is 0 Å². The minimum absolute atomic E-state index is 0.121. The third kappa shape index (κ3) is 3.49. The molecule has 3 rings (SSSR count). The van der Waals surface area contributed by atoms with Gasteiger partial charge in [0.05, 0.1) is 17.6 Å². The molecule has 1 N–H and O–H groups in total. The van der Waals surface area contributed by atoms with Crippen molar-refractivity contribution in [2.75, 3.05) is 6.61 Å². The number of carbonyl (C=O) groups is 1. The molecule has 0 aliphatic carbocycles. The summed E-state index contributed by atoms with van der Waals surface area (Å²) >= 11 is 0. The van der Waals surface area contributed by atoms with Crippen LogP contribution in [0, 0.1) is 6.92 Å². The number of fused-ring (bicyclic) bond motifs is 1. The average Bonchev–Trinajstić information content (AvgIpc) is 2.96. The lowest BCUT2D eigenvalue weighted by Crippen LogP contribution is -2.07. The number of hydrogen-bond donors (Lipinski definition) is 1. The van der Waals surface area contributed by atoms with E-state index in [9.17, 15) is 9.90 Å². The summed E-state index contributed by atoms with van der Waals surface area (Å²) in [5.41, 5.74) is 3.31. The second-order valence-electron chi connectivity index (χ2n) is 5.95. The molecule has 0 spiro atoms. The number of hydrogen-bond acceptors (Lipinski definition) is 4. The van der Waals surface area contributed by atoms with Crippen LogP contribution in [0.4, 0.5) is 0 Å². The van der Waals surface area contributed by atoms with E-state index < -0.39 is 5.97 Å². The van der Waals surface area contributed by atoms with Crippen LogP contribution in [0.3, 0.4) is 0 Å². The molecule has 0 atom stereocenters. The molecule has 136 valence electrons. The van der Waals surface area contributed by atoms with E-state index in [2.05, 4.69) is 34.7 Å². The van der Waals surface area contributed by atoms with E-state index in [1.54, 1.807) is 12.1 Å². The van der Waals surface area contributed by atoms with Crippen molar-refractivity contribution in [2.45, 2.75) is 33.9 Å². The quantitative estimate of drug-likeness (QED) is 0.693. The fourth-order valence-electron chi connectivity index (χ4n) is 2.94. The summed E-state index contributed by atoms with van der Waals surface area (Å²) in [6.07, 6.45) is 0. The highest BCUT2D eigenvalue weighted by Crippen LogP contribution is 2.26. The smallest absolute Gasteiger partial charge is 0.339 e. The normalized spacial score (nSPS) is 10.9. The van der Waals surface area contributed by atoms with Crippen molar-refractivity contribution in [1.82, 2.24) is 9.55 Å². The van der Waals surface area contributed by atoms with Gasteiger partial charge in [-0.05, 0) is 50.6 Å². The molecule has 0 bridgehead atoms. The molecule has 6 heteroatoms. The fraction of sp³-hybridized carbons (Fsp3) is 0.300. The highest BCUT2D eigenvalue weighted by Gasteiger charge is 2.14. The highest BCUT2D eigenvalue weighted by molar-refractivity contribution is 5.91. The molecular formula is C20H22N2O4. The zero-order valence-electron chi connectivity index (χ0n) is 15.2. The Kier molecular flexibility index (Phi) is 5.11. The van der Waals surface area contributed by atoms with Crippen LogP contribution in [0.2, 0.25) is 0 Å². The van der Waals surface area contributed by atoms with Crippen molar-refractivity contribution in [3.63, 3.8) is 0 Å². The second kappa shape index (κ2) is 7.47. The minimum Gasteiger partial charge on any atom is -0.493 e. The Hall–Kier alpha value is -3.02. The maximum absolute atomic E-state index is 11.3. The molecule has 0 radical (unpaired) electrons. The van der Waals surface area contributed by atoms with E-state index in [0.717, 1.165) is 29.0 Å². The van der Waals surface area contributed by atoms with E-state index in [0.29, 0.717) is 24.7 Å². The summed E-state index contributed by atoms with van der Waals surface area (Å²) in [4.78, 5) is 15.9. The van der Waals surface area contributed by atoms with E-state index in [1.165, 1.54) is 6.07 Å². The molecule has 0 saturated carbocycles. The van der Waals surface area contributed by atoms with Crippen LogP contribution in [0.5, 0.6) is 11.5 Å². The predicted octanol–water partition coefficient (Wildman–Crippen LogP) is 4.04. The maximum Gasteiger partial charge on any atom is 0.339 e. The molecule has 1 heterocycles. The predicted molar refractivity (Wildman–Crippen MR) is 99.0 cm³/mol. The Balaban J connectivity index is 1.86. The van der Waals surface area contributed by atoms with Gasteiger partial charge in [0.15, 0.2) is 0 Å². The van der Waals surface area contributed by atoms with Crippen LogP contribution in [-0.4, -0.2) is 27.2 Å². The van der Waals surface area contributed by atoms with E-state index in [1.807, 2.05) is 13.8 Å². The first-order valence-electron chi connectivity index (χ1n) is 8.62. The molecule has 2 aromatic carbocycles. The topological polar surface area (TPSA) is 73.6 Å². The summed E-state index contributed by atoms with van der Waals surface area (Å²) in [6, 6.07) is 10.9. The zero-order valence-corrected chi connectivity index (χ0v) is 15.2. The number of imidazole rings is 1. The number of nitrogens with zero attached hydrogens (tertiary/aromatic N) is 2. The number of aromatic carboxylic acids is 1. The molecule has 0 amide bonds. The van der Waals surface area contributed by atoms with Gasteiger partial charge in [-0.1, -0.05) is 6.07 Å². The number of carboxylic acid groups (broad SMARTS) is 1. The van der Waals surface area contributed by atoms with Gasteiger partial charge in [-0.3, -0.25) is 0 Å². The largest absolute Gasteiger partial charge is 0.493 e. The Bertz CT molecular complexity index is 946. The number of rotatable bonds is 7. The Morgan fingerprint density at radius 1 is 1.15 bits per heavy atom. The van der Waals surface area contributed by atoms with Gasteiger partial charge in [0.1, 0.15) is 29.5 Å². The molecule has 0 fully saturated rings. The van der Waals surface area contributed by atoms with Gasteiger partial charge in [-0.2, -0.15) is 0 Å². The molecule has 26 heavy (non-hydrogen) atoms. The molecule has 3 aromatic rings. The number of benzene rings is 2. The zero-order chi connectivity index (χ0) is 18.7. The lowest BCUT2D eigenvalue weighted by atomic mass is 10.2. The van der Waals surface area contributed by atoms with E-state index in [4.69, 9.17) is 9.47 Å².